The molecule has 1 aliphatic heterocycles. The number of aromatic nitrogens is 1. The average Bonchev–Trinajstić information content (AvgIpc) is 3.31. The van der Waals surface area contributed by atoms with E-state index in [1.807, 2.05) is 6.07 Å². The first-order valence-corrected chi connectivity index (χ1v) is 11.8. The van der Waals surface area contributed by atoms with E-state index < -0.39 is 0 Å². The maximum Gasteiger partial charge on any atom is 0.494 e. The van der Waals surface area contributed by atoms with E-state index in [2.05, 4.69) is 94.4 Å². The molecule has 0 spiro atoms. The molecule has 5 heteroatoms. The summed E-state index contributed by atoms with van der Waals surface area (Å²) in [5.41, 5.74) is 2.56. The minimum Gasteiger partial charge on any atom is -0.399 e. The van der Waals surface area contributed by atoms with E-state index in [9.17, 15) is 0 Å². The van der Waals surface area contributed by atoms with Gasteiger partial charge in [-0.3, -0.25) is 0 Å². The first-order valence-electron chi connectivity index (χ1n) is 11.0. The van der Waals surface area contributed by atoms with Gasteiger partial charge in [-0.25, -0.2) is 4.98 Å². The van der Waals surface area contributed by atoms with E-state index >= 15 is 0 Å². The molecule has 1 fully saturated rings. The van der Waals surface area contributed by atoms with Gasteiger partial charge >= 0.3 is 7.12 Å². The number of hydrogen-bond acceptors (Lipinski definition) is 4. The molecule has 32 heavy (non-hydrogen) atoms. The van der Waals surface area contributed by atoms with E-state index in [1.165, 1.54) is 26.2 Å². The van der Waals surface area contributed by atoms with Crippen molar-refractivity contribution in [2.45, 2.75) is 38.9 Å². The lowest BCUT2D eigenvalue weighted by Gasteiger charge is -2.32. The Labute approximate surface area is 192 Å². The molecule has 0 amide bonds. The zero-order chi connectivity index (χ0) is 22.1. The van der Waals surface area contributed by atoms with E-state index in [4.69, 9.17) is 14.3 Å². The van der Waals surface area contributed by atoms with Crippen molar-refractivity contribution in [3.63, 3.8) is 0 Å². The summed E-state index contributed by atoms with van der Waals surface area (Å²) in [7, 11) is -0.357. The van der Waals surface area contributed by atoms with Crippen LogP contribution in [0.2, 0.25) is 0 Å². The van der Waals surface area contributed by atoms with E-state index in [0.717, 1.165) is 21.6 Å². The van der Waals surface area contributed by atoms with E-state index in [-0.39, 0.29) is 18.3 Å². The zero-order valence-electron chi connectivity index (χ0n) is 18.7. The molecule has 1 aromatic heterocycles. The number of hydrogen-bond donors (Lipinski definition) is 0. The summed E-state index contributed by atoms with van der Waals surface area (Å²) >= 11 is 1.76. The van der Waals surface area contributed by atoms with Crippen LogP contribution in [0.4, 0.5) is 0 Å². The van der Waals surface area contributed by atoms with Crippen molar-refractivity contribution in [3.05, 3.63) is 72.8 Å². The van der Waals surface area contributed by atoms with Gasteiger partial charge in [-0.2, -0.15) is 0 Å². The second kappa shape index (κ2) is 6.88. The van der Waals surface area contributed by atoms with Crippen LogP contribution in [-0.2, 0) is 9.31 Å². The molecular weight excluding hydrogens is 413 g/mol. The van der Waals surface area contributed by atoms with Crippen LogP contribution in [0.3, 0.4) is 0 Å². The predicted octanol–water partition coefficient (Wildman–Crippen LogP) is 6.57. The number of thiazole rings is 1. The topological polar surface area (TPSA) is 31.4 Å². The molecule has 0 aliphatic carbocycles. The van der Waals surface area contributed by atoms with Crippen molar-refractivity contribution in [1.29, 1.82) is 0 Å². The normalized spacial score (nSPS) is 17.6. The molecule has 0 bridgehead atoms. The summed E-state index contributed by atoms with van der Waals surface area (Å²) in [6.45, 7) is 8.36. The van der Waals surface area contributed by atoms with Gasteiger partial charge in [0.1, 0.15) is 5.01 Å². The molecular formula is C27H24BNO2S. The minimum atomic E-state index is -0.357. The van der Waals surface area contributed by atoms with Crippen molar-refractivity contribution in [3.8, 4) is 10.6 Å². The van der Waals surface area contributed by atoms with Gasteiger partial charge in [-0.15, -0.1) is 11.3 Å². The quantitative estimate of drug-likeness (QED) is 0.231. The second-order valence-electron chi connectivity index (χ2n) is 9.53. The minimum absolute atomic E-state index is 0.349. The summed E-state index contributed by atoms with van der Waals surface area (Å²) in [4.78, 5) is 4.93. The van der Waals surface area contributed by atoms with Crippen LogP contribution < -0.4 is 5.46 Å². The van der Waals surface area contributed by atoms with Crippen molar-refractivity contribution >= 4 is 55.7 Å². The second-order valence-corrected chi connectivity index (χ2v) is 10.5. The Bertz CT molecular complexity index is 1470. The highest BCUT2D eigenvalue weighted by Crippen LogP contribution is 2.39. The third kappa shape index (κ3) is 3.00. The number of benzene rings is 4. The number of rotatable bonds is 2. The highest BCUT2D eigenvalue weighted by molar-refractivity contribution is 7.22. The van der Waals surface area contributed by atoms with Gasteiger partial charge < -0.3 is 9.31 Å². The van der Waals surface area contributed by atoms with Gasteiger partial charge in [-0.1, -0.05) is 66.7 Å². The van der Waals surface area contributed by atoms with Gasteiger partial charge in [0.2, 0.25) is 0 Å². The molecule has 158 valence electrons. The van der Waals surface area contributed by atoms with Gasteiger partial charge in [-0.05, 0) is 55.4 Å². The average molecular weight is 437 g/mol. The molecule has 1 saturated heterocycles. The van der Waals surface area contributed by atoms with Gasteiger partial charge in [0.25, 0.3) is 0 Å². The van der Waals surface area contributed by atoms with E-state index in [1.54, 1.807) is 11.3 Å². The fourth-order valence-corrected chi connectivity index (χ4v) is 5.52. The molecule has 0 unspecified atom stereocenters. The molecule has 0 radical (unpaired) electrons. The lowest BCUT2D eigenvalue weighted by molar-refractivity contribution is 0.00578. The van der Waals surface area contributed by atoms with Crippen molar-refractivity contribution < 1.29 is 9.31 Å². The molecule has 0 N–H and O–H groups in total. The van der Waals surface area contributed by atoms with Gasteiger partial charge in [0.05, 0.1) is 21.4 Å². The lowest BCUT2D eigenvalue weighted by atomic mass is 9.78. The van der Waals surface area contributed by atoms with Crippen LogP contribution >= 0.6 is 11.3 Å². The molecule has 1 aliphatic rings. The molecule has 0 saturated carbocycles. The molecule has 0 atom stereocenters. The standard InChI is InChI=1S/C27H24BNO2S/c1-26(2)27(3,4)31-28(30-26)20-13-14-21-19(16-20)11-10-17-12-15-22-24(23(17)21)32-25(29-22)18-8-6-5-7-9-18/h5-16H,1-4H3. The molecule has 3 nitrogen and oxygen atoms in total. The maximum atomic E-state index is 6.28. The monoisotopic (exact) mass is 437 g/mol. The number of fused-ring (bicyclic) bond motifs is 5. The Kier molecular flexibility index (Phi) is 4.29. The Hall–Kier alpha value is -2.73. The Morgan fingerprint density at radius 2 is 1.47 bits per heavy atom. The molecule has 5 aromatic rings. The SMILES string of the molecule is CC1(C)OB(c2ccc3c(ccc4ccc5nc(-c6ccccc6)sc5c43)c2)OC1(C)C. The van der Waals surface area contributed by atoms with Crippen molar-refractivity contribution in [1.82, 2.24) is 4.98 Å². The highest BCUT2D eigenvalue weighted by Gasteiger charge is 2.51. The summed E-state index contributed by atoms with van der Waals surface area (Å²) in [5, 5.41) is 5.97. The van der Waals surface area contributed by atoms with Crippen LogP contribution in [0.5, 0.6) is 0 Å². The largest absolute Gasteiger partial charge is 0.494 e. The molecule has 4 aromatic carbocycles. The van der Waals surface area contributed by atoms with Gasteiger partial charge in [0.15, 0.2) is 0 Å². The third-order valence-electron chi connectivity index (χ3n) is 6.92. The van der Waals surface area contributed by atoms with E-state index in [0.29, 0.717) is 0 Å². The number of nitrogens with zero attached hydrogens (tertiary/aromatic N) is 1. The fourth-order valence-electron chi connectivity index (χ4n) is 4.38. The predicted molar refractivity (Wildman–Crippen MR) is 136 cm³/mol. The van der Waals surface area contributed by atoms with Crippen molar-refractivity contribution in [2.24, 2.45) is 0 Å². The van der Waals surface area contributed by atoms with Crippen LogP contribution in [-0.4, -0.2) is 23.3 Å². The van der Waals surface area contributed by atoms with Crippen LogP contribution in [0.15, 0.2) is 72.8 Å². The van der Waals surface area contributed by atoms with Gasteiger partial charge in [0, 0.05) is 10.9 Å². The maximum absolute atomic E-state index is 6.28. The summed E-state index contributed by atoms with van der Waals surface area (Å²) in [5.74, 6) is 0. The van der Waals surface area contributed by atoms with Crippen LogP contribution in [0.1, 0.15) is 27.7 Å². The zero-order valence-corrected chi connectivity index (χ0v) is 19.5. The molecule has 6 rings (SSSR count). The Morgan fingerprint density at radius 1 is 0.781 bits per heavy atom. The lowest BCUT2D eigenvalue weighted by Crippen LogP contribution is -2.41. The summed E-state index contributed by atoms with van der Waals surface area (Å²) in [6, 6.07) is 25.7. The molecule has 2 heterocycles. The summed E-state index contributed by atoms with van der Waals surface area (Å²) in [6.07, 6.45) is 0. The Morgan fingerprint density at radius 3 is 2.22 bits per heavy atom. The Balaban J connectivity index is 1.51. The highest BCUT2D eigenvalue weighted by atomic mass is 32.1. The fraction of sp³-hybridized carbons (Fsp3) is 0.222. The first-order chi connectivity index (χ1) is 15.3. The third-order valence-corrected chi connectivity index (χ3v) is 8.06. The van der Waals surface area contributed by atoms with Crippen LogP contribution in [0.25, 0.3) is 42.3 Å². The van der Waals surface area contributed by atoms with Crippen LogP contribution in [0, 0.1) is 0 Å². The first kappa shape index (κ1) is 19.9. The summed E-state index contributed by atoms with van der Waals surface area (Å²) < 4.78 is 13.8. The van der Waals surface area contributed by atoms with Crippen molar-refractivity contribution in [2.75, 3.05) is 0 Å². The smallest absolute Gasteiger partial charge is 0.399 e.